The van der Waals surface area contributed by atoms with Crippen molar-refractivity contribution in [2.24, 2.45) is 0 Å². The van der Waals surface area contributed by atoms with Gasteiger partial charge in [0.15, 0.2) is 7.28 Å². The van der Waals surface area contributed by atoms with Gasteiger partial charge < -0.3 is 9.88 Å². The Bertz CT molecular complexity index is 3520. The SMILES string of the molecule is CC(C)(C)c1ccc(Nc2cc3c(cc2-c2ccc4c5c6c(ccc5n5c4c2[B]c2cc4c(cc2-5)sc2ccccc24)C(C)(C)c2ccccc2-6)-c2ccccc2C3)cc1. The van der Waals surface area contributed by atoms with Gasteiger partial charge in [-0.2, -0.15) is 0 Å². The first kappa shape index (κ1) is 34.5. The van der Waals surface area contributed by atoms with Gasteiger partial charge in [0.1, 0.15) is 0 Å². The molecule has 1 N–H and O–H groups in total. The number of fused-ring (bicyclic) bond motifs is 15. The van der Waals surface area contributed by atoms with E-state index < -0.39 is 0 Å². The minimum Gasteiger partial charge on any atom is -0.355 e. The van der Waals surface area contributed by atoms with Crippen LogP contribution in [-0.2, 0) is 17.3 Å². The van der Waals surface area contributed by atoms with E-state index in [1.165, 1.54) is 120 Å². The Morgan fingerprint density at radius 3 is 2.25 bits per heavy atom. The lowest BCUT2D eigenvalue weighted by atomic mass is 9.59. The molecule has 3 heterocycles. The molecule has 285 valence electrons. The summed E-state index contributed by atoms with van der Waals surface area (Å²) >= 11 is 1.90. The number of aromatic nitrogens is 1. The molecule has 2 aliphatic carbocycles. The Labute approximate surface area is 355 Å². The molecule has 0 bridgehead atoms. The van der Waals surface area contributed by atoms with Gasteiger partial charge in [-0.05, 0) is 121 Å². The van der Waals surface area contributed by atoms with E-state index in [0.717, 1.165) is 17.8 Å². The quantitative estimate of drug-likeness (QED) is 0.177. The van der Waals surface area contributed by atoms with Gasteiger partial charge in [0.05, 0.1) is 5.52 Å². The summed E-state index contributed by atoms with van der Waals surface area (Å²) in [6.07, 6.45) is 0.941. The van der Waals surface area contributed by atoms with Gasteiger partial charge in [-0.3, -0.25) is 0 Å². The van der Waals surface area contributed by atoms with E-state index >= 15 is 0 Å². The zero-order valence-corrected chi connectivity index (χ0v) is 35.3. The van der Waals surface area contributed by atoms with Crippen molar-refractivity contribution in [3.8, 4) is 39.1 Å². The second-order valence-corrected chi connectivity index (χ2v) is 19.9. The highest BCUT2D eigenvalue weighted by atomic mass is 32.1. The van der Waals surface area contributed by atoms with Crippen molar-refractivity contribution in [1.29, 1.82) is 0 Å². The molecule has 1 radical (unpaired) electrons. The van der Waals surface area contributed by atoms with E-state index in [-0.39, 0.29) is 10.8 Å². The third-order valence-electron chi connectivity index (χ3n) is 14.0. The smallest absolute Gasteiger partial charge is 0.197 e. The molecule has 2 nitrogen and oxygen atoms in total. The van der Waals surface area contributed by atoms with E-state index in [9.17, 15) is 0 Å². The number of thiophene rings is 1. The summed E-state index contributed by atoms with van der Waals surface area (Å²) in [6.45, 7) is 11.6. The van der Waals surface area contributed by atoms with Crippen LogP contribution < -0.4 is 16.2 Å². The highest BCUT2D eigenvalue weighted by Gasteiger charge is 2.38. The van der Waals surface area contributed by atoms with Crippen molar-refractivity contribution in [3.63, 3.8) is 0 Å². The Balaban J connectivity index is 1.11. The fourth-order valence-corrected chi connectivity index (χ4v) is 12.1. The van der Waals surface area contributed by atoms with Crippen molar-refractivity contribution in [2.45, 2.75) is 51.9 Å². The number of nitrogens with one attached hydrogen (secondary N) is 1. The van der Waals surface area contributed by atoms with Crippen LogP contribution in [0.25, 0.3) is 81.0 Å². The second kappa shape index (κ2) is 11.9. The molecule has 8 aromatic carbocycles. The summed E-state index contributed by atoms with van der Waals surface area (Å²) in [7, 11) is 2.50. The Kier molecular flexibility index (Phi) is 6.84. The van der Waals surface area contributed by atoms with Crippen molar-refractivity contribution < 1.29 is 0 Å². The van der Waals surface area contributed by atoms with Crippen LogP contribution in [-0.4, -0.2) is 11.8 Å². The number of rotatable bonds is 3. The summed E-state index contributed by atoms with van der Waals surface area (Å²) in [5.41, 5.74) is 23.4. The third kappa shape index (κ3) is 4.66. The molecule has 2 aromatic heterocycles. The lowest BCUT2D eigenvalue weighted by Gasteiger charge is -2.25. The van der Waals surface area contributed by atoms with Crippen LogP contribution >= 0.6 is 11.3 Å². The number of hydrogen-bond acceptors (Lipinski definition) is 2. The van der Waals surface area contributed by atoms with Gasteiger partial charge in [0.25, 0.3) is 0 Å². The summed E-state index contributed by atoms with van der Waals surface area (Å²) in [6, 6.07) is 55.5. The standard InChI is InChI=1S/C56H42BN2S/c1-55(2,3)33-18-20-34(21-19-33)58-46-27-32-26-31-12-6-7-13-35(31)40(32)28-41(46)37-22-23-39-52-47(25-24-44-51(52)38-15-8-10-16-43(38)56(44,4)5)59-48-30-50-42(29-45(48)57-53(37)54(39)59)36-14-9-11-17-49(36)60-50/h6-25,27-30,58H,26H2,1-5H3. The van der Waals surface area contributed by atoms with Crippen LogP contribution in [0.1, 0.15) is 62.4 Å². The van der Waals surface area contributed by atoms with Gasteiger partial charge >= 0.3 is 0 Å². The Morgan fingerprint density at radius 2 is 1.40 bits per heavy atom. The second-order valence-electron chi connectivity index (χ2n) is 18.8. The van der Waals surface area contributed by atoms with Crippen molar-refractivity contribution in [2.75, 3.05) is 5.32 Å². The molecule has 60 heavy (non-hydrogen) atoms. The molecule has 1 aliphatic heterocycles. The van der Waals surface area contributed by atoms with E-state index in [4.69, 9.17) is 0 Å². The first-order chi connectivity index (χ1) is 29.1. The maximum absolute atomic E-state index is 3.96. The minimum absolute atomic E-state index is 0.0862. The van der Waals surface area contributed by atoms with E-state index in [1.807, 2.05) is 11.3 Å². The number of hydrogen-bond donors (Lipinski definition) is 1. The highest BCUT2D eigenvalue weighted by molar-refractivity contribution is 7.25. The summed E-state index contributed by atoms with van der Waals surface area (Å²) in [4.78, 5) is 0. The number of benzene rings is 8. The average molecular weight is 786 g/mol. The van der Waals surface area contributed by atoms with Gasteiger partial charge in [0, 0.05) is 59.1 Å². The van der Waals surface area contributed by atoms with Crippen molar-refractivity contribution in [1.82, 2.24) is 4.57 Å². The number of nitrogens with zero attached hydrogens (tertiary/aromatic N) is 1. The number of anilines is 2. The Morgan fingerprint density at radius 1 is 0.617 bits per heavy atom. The molecular formula is C56H42BN2S. The molecule has 0 saturated heterocycles. The molecule has 0 spiro atoms. The van der Waals surface area contributed by atoms with Crippen LogP contribution in [0.2, 0.25) is 0 Å². The van der Waals surface area contributed by atoms with E-state index in [0.29, 0.717) is 0 Å². The third-order valence-corrected chi connectivity index (χ3v) is 15.1. The molecule has 0 saturated carbocycles. The lowest BCUT2D eigenvalue weighted by Crippen LogP contribution is -2.37. The molecule has 0 atom stereocenters. The van der Waals surface area contributed by atoms with E-state index in [2.05, 4.69) is 197 Å². The van der Waals surface area contributed by atoms with Crippen LogP contribution in [0.15, 0.2) is 146 Å². The summed E-state index contributed by atoms with van der Waals surface area (Å²) in [5.74, 6) is 0. The monoisotopic (exact) mass is 785 g/mol. The molecule has 0 amide bonds. The molecule has 4 heteroatoms. The predicted molar refractivity (Wildman–Crippen MR) is 258 cm³/mol. The molecule has 13 rings (SSSR count). The zero-order valence-electron chi connectivity index (χ0n) is 34.5. The lowest BCUT2D eigenvalue weighted by molar-refractivity contribution is 0.590. The molecule has 0 unspecified atom stereocenters. The first-order valence-corrected chi connectivity index (χ1v) is 22.1. The van der Waals surface area contributed by atoms with E-state index in [1.54, 1.807) is 0 Å². The molecule has 10 aromatic rings. The van der Waals surface area contributed by atoms with Crippen LogP contribution in [0.5, 0.6) is 0 Å². The maximum atomic E-state index is 3.96. The topological polar surface area (TPSA) is 17.0 Å². The van der Waals surface area contributed by atoms with Gasteiger partial charge in [-0.15, -0.1) is 11.3 Å². The molecular weight excluding hydrogens is 744 g/mol. The normalized spacial score (nSPS) is 14.3. The predicted octanol–water partition coefficient (Wildman–Crippen LogP) is 13.7. The summed E-state index contributed by atoms with van der Waals surface area (Å²) in [5, 5.41) is 9.27. The Hall–Kier alpha value is -6.36. The van der Waals surface area contributed by atoms with Crippen LogP contribution in [0.3, 0.4) is 0 Å². The molecule has 0 fully saturated rings. The largest absolute Gasteiger partial charge is 0.355 e. The summed E-state index contributed by atoms with van der Waals surface area (Å²) < 4.78 is 5.27. The zero-order chi connectivity index (χ0) is 40.2. The van der Waals surface area contributed by atoms with Gasteiger partial charge in [-0.1, -0.05) is 143 Å². The fourth-order valence-electron chi connectivity index (χ4n) is 11.0. The fraction of sp³-hybridized carbons (Fsp3) is 0.143. The highest BCUT2D eigenvalue weighted by Crippen LogP contribution is 2.54. The van der Waals surface area contributed by atoms with Crippen LogP contribution in [0.4, 0.5) is 11.4 Å². The van der Waals surface area contributed by atoms with Crippen molar-refractivity contribution in [3.05, 3.63) is 173 Å². The average Bonchev–Trinajstić information content (AvgIpc) is 3.97. The van der Waals surface area contributed by atoms with Gasteiger partial charge in [-0.25, -0.2) is 0 Å². The maximum Gasteiger partial charge on any atom is 0.197 e. The van der Waals surface area contributed by atoms with Gasteiger partial charge in [0.2, 0.25) is 0 Å². The minimum atomic E-state index is -0.0862. The molecule has 3 aliphatic rings. The van der Waals surface area contributed by atoms with Crippen molar-refractivity contribution >= 4 is 82.9 Å². The first-order valence-electron chi connectivity index (χ1n) is 21.3. The van der Waals surface area contributed by atoms with Crippen LogP contribution in [0, 0.1) is 0 Å².